The number of anilines is 1. The van der Waals surface area contributed by atoms with Crippen molar-refractivity contribution in [1.82, 2.24) is 0 Å². The molecule has 2 rings (SSSR count). The molecule has 5 heteroatoms. The molecule has 2 aromatic rings. The Morgan fingerprint density at radius 3 is 2.36 bits per heavy atom. The van der Waals surface area contributed by atoms with E-state index in [4.69, 9.17) is 4.74 Å². The normalized spacial score (nSPS) is 11.5. The Balaban J connectivity index is 2.11. The van der Waals surface area contributed by atoms with Gasteiger partial charge in [0, 0.05) is 16.7 Å². The molecule has 0 aromatic heterocycles. The molecule has 4 nitrogen and oxygen atoms in total. The molecule has 0 spiro atoms. The third-order valence-corrected chi connectivity index (χ3v) is 3.91. The van der Waals surface area contributed by atoms with E-state index in [1.807, 2.05) is 54.6 Å². The van der Waals surface area contributed by atoms with Crippen molar-refractivity contribution >= 4 is 29.3 Å². The van der Waals surface area contributed by atoms with Gasteiger partial charge in [-0.2, -0.15) is 0 Å². The van der Waals surface area contributed by atoms with Crippen LogP contribution in [0.5, 0.6) is 0 Å². The van der Waals surface area contributed by atoms with E-state index in [1.165, 1.54) is 6.92 Å². The summed E-state index contributed by atoms with van der Waals surface area (Å²) in [6, 6.07) is 17.4. The largest absolute Gasteiger partial charge is 0.453 e. The molecule has 114 valence electrons. The molecule has 0 unspecified atom stereocenters. The van der Waals surface area contributed by atoms with Gasteiger partial charge in [-0.25, -0.2) is 0 Å². The van der Waals surface area contributed by atoms with Gasteiger partial charge in [0.2, 0.25) is 0 Å². The van der Waals surface area contributed by atoms with Crippen molar-refractivity contribution in [2.45, 2.75) is 29.7 Å². The summed E-state index contributed by atoms with van der Waals surface area (Å²) in [6.45, 7) is 2.83. The second kappa shape index (κ2) is 7.66. The molecule has 0 bridgehead atoms. The van der Waals surface area contributed by atoms with E-state index in [-0.39, 0.29) is 5.91 Å². The number of nitrogens with one attached hydrogen (secondary N) is 1. The van der Waals surface area contributed by atoms with Crippen LogP contribution < -0.4 is 5.32 Å². The smallest absolute Gasteiger partial charge is 0.303 e. The molecule has 22 heavy (non-hydrogen) atoms. The maximum absolute atomic E-state index is 12.1. The first-order chi connectivity index (χ1) is 10.6. The van der Waals surface area contributed by atoms with E-state index in [0.29, 0.717) is 5.69 Å². The number of para-hydroxylation sites is 1. The van der Waals surface area contributed by atoms with Gasteiger partial charge in [0.1, 0.15) is 0 Å². The number of benzene rings is 2. The Bertz CT molecular complexity index is 658. The SMILES string of the molecule is CC(=O)O[C@@H](C)C(=O)Nc1ccccc1Sc1ccccc1. The summed E-state index contributed by atoms with van der Waals surface area (Å²) < 4.78 is 4.88. The van der Waals surface area contributed by atoms with Crippen LogP contribution in [0.2, 0.25) is 0 Å². The van der Waals surface area contributed by atoms with Gasteiger partial charge in [-0.05, 0) is 31.2 Å². The quantitative estimate of drug-likeness (QED) is 0.854. The average molecular weight is 315 g/mol. The third-order valence-electron chi connectivity index (χ3n) is 2.83. The highest BCUT2D eigenvalue weighted by Crippen LogP contribution is 2.33. The van der Waals surface area contributed by atoms with Crippen molar-refractivity contribution < 1.29 is 14.3 Å². The molecule has 0 radical (unpaired) electrons. The van der Waals surface area contributed by atoms with Crippen molar-refractivity contribution in [1.29, 1.82) is 0 Å². The lowest BCUT2D eigenvalue weighted by Gasteiger charge is -2.14. The molecule has 0 aliphatic carbocycles. The highest BCUT2D eigenvalue weighted by Gasteiger charge is 2.17. The topological polar surface area (TPSA) is 55.4 Å². The van der Waals surface area contributed by atoms with Gasteiger partial charge < -0.3 is 10.1 Å². The summed E-state index contributed by atoms with van der Waals surface area (Å²) in [4.78, 5) is 25.0. The fraction of sp³-hybridized carbons (Fsp3) is 0.176. The van der Waals surface area contributed by atoms with E-state index in [9.17, 15) is 9.59 Å². The summed E-state index contributed by atoms with van der Waals surface area (Å²) in [5.74, 6) is -0.828. The summed E-state index contributed by atoms with van der Waals surface area (Å²) >= 11 is 1.56. The standard InChI is InChI=1S/C17H17NO3S/c1-12(21-13(2)19)17(20)18-15-10-6-7-11-16(15)22-14-8-4-3-5-9-14/h3-12H,1-2H3,(H,18,20)/t12-/m0/s1. The van der Waals surface area contributed by atoms with E-state index < -0.39 is 12.1 Å². The molecule has 1 amide bonds. The Hall–Kier alpha value is -2.27. The molecule has 0 aliphatic heterocycles. The number of carbonyl (C=O) groups excluding carboxylic acids is 2. The van der Waals surface area contributed by atoms with Crippen LogP contribution in [-0.2, 0) is 14.3 Å². The Morgan fingerprint density at radius 1 is 1.05 bits per heavy atom. The van der Waals surface area contributed by atoms with Gasteiger partial charge in [0.25, 0.3) is 5.91 Å². The van der Waals surface area contributed by atoms with E-state index in [1.54, 1.807) is 18.7 Å². The third kappa shape index (κ3) is 4.63. The van der Waals surface area contributed by atoms with Crippen molar-refractivity contribution in [3.63, 3.8) is 0 Å². The number of ether oxygens (including phenoxy) is 1. The monoisotopic (exact) mass is 315 g/mol. The highest BCUT2D eigenvalue weighted by molar-refractivity contribution is 7.99. The molecule has 2 aromatic carbocycles. The lowest BCUT2D eigenvalue weighted by molar-refractivity contribution is -0.150. The molecular weight excluding hydrogens is 298 g/mol. The molecule has 0 aliphatic rings. The number of carbonyl (C=O) groups is 2. The van der Waals surface area contributed by atoms with Crippen LogP contribution in [0.25, 0.3) is 0 Å². The summed E-state index contributed by atoms with van der Waals surface area (Å²) in [5, 5.41) is 2.80. The minimum absolute atomic E-state index is 0.351. The molecule has 0 heterocycles. The first-order valence-corrected chi connectivity index (χ1v) is 7.68. The Kier molecular flexibility index (Phi) is 5.61. The Morgan fingerprint density at radius 2 is 1.68 bits per heavy atom. The fourth-order valence-corrected chi connectivity index (χ4v) is 2.73. The lowest BCUT2D eigenvalue weighted by Crippen LogP contribution is -2.29. The zero-order valence-electron chi connectivity index (χ0n) is 12.4. The minimum Gasteiger partial charge on any atom is -0.453 e. The number of amides is 1. The van der Waals surface area contributed by atoms with Crippen LogP contribution in [0, 0.1) is 0 Å². The molecule has 0 saturated carbocycles. The number of hydrogen-bond donors (Lipinski definition) is 1. The first-order valence-electron chi connectivity index (χ1n) is 6.86. The fourth-order valence-electron chi connectivity index (χ4n) is 1.81. The van der Waals surface area contributed by atoms with Gasteiger partial charge in [-0.15, -0.1) is 0 Å². The van der Waals surface area contributed by atoms with Gasteiger partial charge >= 0.3 is 5.97 Å². The zero-order valence-corrected chi connectivity index (χ0v) is 13.2. The second-order valence-electron chi connectivity index (χ2n) is 4.65. The zero-order chi connectivity index (χ0) is 15.9. The molecule has 1 N–H and O–H groups in total. The number of esters is 1. The van der Waals surface area contributed by atoms with Crippen LogP contribution in [-0.4, -0.2) is 18.0 Å². The first kappa shape index (κ1) is 16.1. The van der Waals surface area contributed by atoms with Crippen LogP contribution in [0.4, 0.5) is 5.69 Å². The molecule has 0 fully saturated rings. The van der Waals surface area contributed by atoms with Gasteiger partial charge in [0.05, 0.1) is 5.69 Å². The summed E-state index contributed by atoms with van der Waals surface area (Å²) in [5.41, 5.74) is 0.695. The van der Waals surface area contributed by atoms with Gasteiger partial charge in [-0.1, -0.05) is 42.1 Å². The van der Waals surface area contributed by atoms with E-state index in [0.717, 1.165) is 9.79 Å². The van der Waals surface area contributed by atoms with E-state index in [2.05, 4.69) is 5.32 Å². The average Bonchev–Trinajstić information content (AvgIpc) is 2.49. The molecule has 1 atom stereocenters. The van der Waals surface area contributed by atoms with Gasteiger partial charge in [-0.3, -0.25) is 9.59 Å². The summed E-state index contributed by atoms with van der Waals surface area (Å²) in [7, 11) is 0. The van der Waals surface area contributed by atoms with Gasteiger partial charge in [0.15, 0.2) is 6.10 Å². The minimum atomic E-state index is -0.827. The Labute approximate surface area is 133 Å². The van der Waals surface area contributed by atoms with Crippen LogP contribution in [0.1, 0.15) is 13.8 Å². The van der Waals surface area contributed by atoms with Crippen molar-refractivity contribution in [2.75, 3.05) is 5.32 Å². The van der Waals surface area contributed by atoms with Crippen molar-refractivity contribution in [3.05, 3.63) is 54.6 Å². The predicted octanol–water partition coefficient (Wildman–Crippen LogP) is 3.73. The lowest BCUT2D eigenvalue weighted by atomic mass is 10.3. The van der Waals surface area contributed by atoms with Crippen molar-refractivity contribution in [2.24, 2.45) is 0 Å². The highest BCUT2D eigenvalue weighted by atomic mass is 32.2. The maximum atomic E-state index is 12.1. The molecular formula is C17H17NO3S. The predicted molar refractivity (Wildman–Crippen MR) is 86.9 cm³/mol. The van der Waals surface area contributed by atoms with E-state index >= 15 is 0 Å². The second-order valence-corrected chi connectivity index (χ2v) is 5.77. The number of hydrogen-bond acceptors (Lipinski definition) is 4. The van der Waals surface area contributed by atoms with Crippen molar-refractivity contribution in [3.8, 4) is 0 Å². The summed E-state index contributed by atoms with van der Waals surface area (Å²) in [6.07, 6.45) is -0.827. The van der Waals surface area contributed by atoms with Crippen LogP contribution >= 0.6 is 11.8 Å². The maximum Gasteiger partial charge on any atom is 0.303 e. The molecule has 0 saturated heterocycles. The van der Waals surface area contributed by atoms with Crippen LogP contribution in [0.15, 0.2) is 64.4 Å². The van der Waals surface area contributed by atoms with Crippen LogP contribution in [0.3, 0.4) is 0 Å². The number of rotatable bonds is 5.